The molecule has 2 amide bonds. The molecule has 0 aliphatic carbocycles. The van der Waals surface area contributed by atoms with Gasteiger partial charge < -0.3 is 10.4 Å². The Balaban J connectivity index is 1.93. The SMILES string of the molecule is Cc1ccc(NC(=O)C(=O)N/N=C/c2ccc(O)c(Br)c2)cc1Cl. The number of hydrogen-bond acceptors (Lipinski definition) is 4. The van der Waals surface area contributed by atoms with Crippen molar-refractivity contribution in [3.8, 4) is 5.75 Å². The van der Waals surface area contributed by atoms with Crippen LogP contribution in [0.25, 0.3) is 0 Å². The van der Waals surface area contributed by atoms with Crippen LogP contribution in [0.4, 0.5) is 5.69 Å². The van der Waals surface area contributed by atoms with Crippen LogP contribution in [0.2, 0.25) is 5.02 Å². The molecule has 0 unspecified atom stereocenters. The third-order valence-corrected chi connectivity index (χ3v) is 4.03. The molecule has 0 aromatic heterocycles. The van der Waals surface area contributed by atoms with E-state index in [1.807, 2.05) is 6.92 Å². The monoisotopic (exact) mass is 409 g/mol. The minimum absolute atomic E-state index is 0.0901. The number of rotatable bonds is 3. The van der Waals surface area contributed by atoms with Gasteiger partial charge in [-0.2, -0.15) is 5.10 Å². The Morgan fingerprint density at radius 1 is 1.21 bits per heavy atom. The fraction of sp³-hybridized carbons (Fsp3) is 0.0625. The lowest BCUT2D eigenvalue weighted by molar-refractivity contribution is -0.136. The molecule has 0 saturated carbocycles. The van der Waals surface area contributed by atoms with Crippen molar-refractivity contribution in [2.45, 2.75) is 6.92 Å². The zero-order valence-corrected chi connectivity index (χ0v) is 14.9. The van der Waals surface area contributed by atoms with Gasteiger partial charge in [-0.25, -0.2) is 5.43 Å². The zero-order chi connectivity index (χ0) is 17.7. The summed E-state index contributed by atoms with van der Waals surface area (Å²) in [5.74, 6) is -1.69. The van der Waals surface area contributed by atoms with E-state index in [0.717, 1.165) is 5.56 Å². The molecule has 24 heavy (non-hydrogen) atoms. The predicted molar refractivity (Wildman–Crippen MR) is 96.4 cm³/mol. The molecule has 124 valence electrons. The van der Waals surface area contributed by atoms with Crippen molar-refractivity contribution in [2.24, 2.45) is 5.10 Å². The number of nitrogens with one attached hydrogen (secondary N) is 2. The maximum absolute atomic E-state index is 11.8. The van der Waals surface area contributed by atoms with Gasteiger partial charge in [-0.1, -0.05) is 17.7 Å². The van der Waals surface area contributed by atoms with Gasteiger partial charge in [0.05, 0.1) is 10.7 Å². The standard InChI is InChI=1S/C16H13BrClN3O3/c1-9-2-4-11(7-13(9)18)20-15(23)16(24)21-19-8-10-3-5-14(22)12(17)6-10/h2-8,22H,1H3,(H,20,23)(H,21,24)/b19-8+. The quantitative estimate of drug-likeness (QED) is 0.412. The Morgan fingerprint density at radius 3 is 2.62 bits per heavy atom. The molecule has 2 rings (SSSR count). The van der Waals surface area contributed by atoms with Gasteiger partial charge in [0.2, 0.25) is 0 Å². The number of aryl methyl sites for hydroxylation is 1. The molecule has 6 nitrogen and oxygen atoms in total. The first kappa shape index (κ1) is 18.0. The Bertz CT molecular complexity index is 824. The Labute approximate surface area is 151 Å². The van der Waals surface area contributed by atoms with Crippen LogP contribution in [0.3, 0.4) is 0 Å². The van der Waals surface area contributed by atoms with E-state index >= 15 is 0 Å². The molecule has 2 aromatic carbocycles. The number of nitrogens with zero attached hydrogens (tertiary/aromatic N) is 1. The van der Waals surface area contributed by atoms with Crippen molar-refractivity contribution in [2.75, 3.05) is 5.32 Å². The van der Waals surface area contributed by atoms with Crippen molar-refractivity contribution < 1.29 is 14.7 Å². The van der Waals surface area contributed by atoms with Crippen LogP contribution in [-0.2, 0) is 9.59 Å². The summed E-state index contributed by atoms with van der Waals surface area (Å²) in [5.41, 5.74) is 4.03. The van der Waals surface area contributed by atoms with Crippen molar-refractivity contribution in [3.63, 3.8) is 0 Å². The summed E-state index contributed by atoms with van der Waals surface area (Å²) in [7, 11) is 0. The van der Waals surface area contributed by atoms with E-state index in [0.29, 0.717) is 20.7 Å². The molecule has 0 fully saturated rings. The molecule has 0 bridgehead atoms. The molecular weight excluding hydrogens is 398 g/mol. The number of anilines is 1. The highest BCUT2D eigenvalue weighted by Crippen LogP contribution is 2.23. The van der Waals surface area contributed by atoms with Gasteiger partial charge in [-0.3, -0.25) is 9.59 Å². The lowest BCUT2D eigenvalue weighted by Gasteiger charge is -2.05. The second-order valence-corrected chi connectivity index (χ2v) is 6.09. The van der Waals surface area contributed by atoms with Crippen LogP contribution < -0.4 is 10.7 Å². The molecule has 0 aliphatic heterocycles. The predicted octanol–water partition coefficient (Wildman–Crippen LogP) is 3.21. The van der Waals surface area contributed by atoms with E-state index in [4.69, 9.17) is 11.6 Å². The Hall–Kier alpha value is -2.38. The zero-order valence-electron chi connectivity index (χ0n) is 12.5. The summed E-state index contributed by atoms with van der Waals surface area (Å²) in [6, 6.07) is 9.62. The van der Waals surface area contributed by atoms with Crippen LogP contribution >= 0.6 is 27.5 Å². The van der Waals surface area contributed by atoms with E-state index in [2.05, 4.69) is 31.8 Å². The first-order valence-corrected chi connectivity index (χ1v) is 7.93. The van der Waals surface area contributed by atoms with Crippen LogP contribution in [0.1, 0.15) is 11.1 Å². The third-order valence-electron chi connectivity index (χ3n) is 2.99. The smallest absolute Gasteiger partial charge is 0.329 e. The molecule has 0 radical (unpaired) electrons. The molecule has 0 aliphatic rings. The van der Waals surface area contributed by atoms with Crippen LogP contribution in [0, 0.1) is 6.92 Å². The number of hydrogen-bond donors (Lipinski definition) is 3. The Kier molecular flexibility index (Phi) is 5.94. The van der Waals surface area contributed by atoms with Gasteiger partial charge in [0.25, 0.3) is 0 Å². The van der Waals surface area contributed by atoms with Gasteiger partial charge in [0, 0.05) is 10.7 Å². The lowest BCUT2D eigenvalue weighted by atomic mass is 10.2. The second-order valence-electron chi connectivity index (χ2n) is 4.83. The number of phenols is 1. The lowest BCUT2D eigenvalue weighted by Crippen LogP contribution is -2.32. The highest BCUT2D eigenvalue weighted by Gasteiger charge is 2.13. The largest absolute Gasteiger partial charge is 0.507 e. The molecule has 0 heterocycles. The van der Waals surface area contributed by atoms with Crippen molar-refractivity contribution in [1.82, 2.24) is 5.43 Å². The first-order chi connectivity index (χ1) is 11.4. The fourth-order valence-corrected chi connectivity index (χ4v) is 2.26. The van der Waals surface area contributed by atoms with E-state index in [9.17, 15) is 14.7 Å². The summed E-state index contributed by atoms with van der Waals surface area (Å²) in [6.07, 6.45) is 1.35. The summed E-state index contributed by atoms with van der Waals surface area (Å²) < 4.78 is 0.492. The number of carbonyl (C=O) groups is 2. The van der Waals surface area contributed by atoms with Crippen molar-refractivity contribution in [1.29, 1.82) is 0 Å². The summed E-state index contributed by atoms with van der Waals surface area (Å²) >= 11 is 9.12. The molecular formula is C16H13BrClN3O3. The minimum Gasteiger partial charge on any atom is -0.507 e. The van der Waals surface area contributed by atoms with Gasteiger partial charge in [-0.05, 0) is 64.3 Å². The fourth-order valence-electron chi connectivity index (χ4n) is 1.68. The van der Waals surface area contributed by atoms with Gasteiger partial charge in [0.15, 0.2) is 0 Å². The topological polar surface area (TPSA) is 90.8 Å². The number of benzene rings is 2. The summed E-state index contributed by atoms with van der Waals surface area (Å²) in [4.78, 5) is 23.5. The van der Waals surface area contributed by atoms with Gasteiger partial charge in [-0.15, -0.1) is 0 Å². The maximum atomic E-state index is 11.8. The second kappa shape index (κ2) is 7.94. The average molecular weight is 411 g/mol. The first-order valence-electron chi connectivity index (χ1n) is 6.76. The number of amides is 2. The summed E-state index contributed by atoms with van der Waals surface area (Å²) in [5, 5.41) is 16.0. The van der Waals surface area contributed by atoms with E-state index in [1.54, 1.807) is 30.3 Å². The van der Waals surface area contributed by atoms with Crippen LogP contribution in [-0.4, -0.2) is 23.1 Å². The van der Waals surface area contributed by atoms with Gasteiger partial charge in [0.1, 0.15) is 5.75 Å². The number of halogens is 2. The van der Waals surface area contributed by atoms with Crippen molar-refractivity contribution >= 4 is 51.2 Å². The van der Waals surface area contributed by atoms with E-state index in [-0.39, 0.29) is 5.75 Å². The molecule has 3 N–H and O–H groups in total. The third kappa shape index (κ3) is 4.81. The highest BCUT2D eigenvalue weighted by atomic mass is 79.9. The maximum Gasteiger partial charge on any atom is 0.329 e. The van der Waals surface area contributed by atoms with Crippen LogP contribution in [0.15, 0.2) is 46.0 Å². The van der Waals surface area contributed by atoms with E-state index < -0.39 is 11.8 Å². The summed E-state index contributed by atoms with van der Waals surface area (Å²) in [6.45, 7) is 1.83. The average Bonchev–Trinajstić information content (AvgIpc) is 2.54. The molecule has 0 saturated heterocycles. The number of carbonyl (C=O) groups excluding carboxylic acids is 2. The molecule has 0 atom stereocenters. The molecule has 0 spiro atoms. The highest BCUT2D eigenvalue weighted by molar-refractivity contribution is 9.10. The number of phenolic OH excluding ortho intramolecular Hbond substituents is 1. The number of hydrazone groups is 1. The van der Waals surface area contributed by atoms with Crippen molar-refractivity contribution in [3.05, 3.63) is 57.0 Å². The molecule has 8 heteroatoms. The normalized spacial score (nSPS) is 10.6. The minimum atomic E-state index is -0.916. The molecule has 2 aromatic rings. The van der Waals surface area contributed by atoms with Crippen LogP contribution in [0.5, 0.6) is 5.75 Å². The number of aromatic hydroxyl groups is 1. The van der Waals surface area contributed by atoms with Gasteiger partial charge >= 0.3 is 11.8 Å². The van der Waals surface area contributed by atoms with E-state index in [1.165, 1.54) is 12.3 Å². The Morgan fingerprint density at radius 2 is 1.96 bits per heavy atom.